The van der Waals surface area contributed by atoms with E-state index >= 15 is 0 Å². The molecule has 1 saturated heterocycles. The largest absolute Gasteiger partial charge is 0.393 e. The first-order valence-electron chi connectivity index (χ1n) is 7.07. The minimum Gasteiger partial charge on any atom is -0.393 e. The van der Waals surface area contributed by atoms with Crippen LogP contribution >= 0.6 is 0 Å². The molecule has 1 heterocycles. The van der Waals surface area contributed by atoms with Gasteiger partial charge in [-0.2, -0.15) is 0 Å². The van der Waals surface area contributed by atoms with Crippen molar-refractivity contribution in [3.8, 4) is 0 Å². The first kappa shape index (κ1) is 15.3. The molecule has 3 amide bonds. The topological polar surface area (TPSA) is 95.7 Å². The van der Waals surface area contributed by atoms with E-state index in [2.05, 4.69) is 5.32 Å². The van der Waals surface area contributed by atoms with E-state index in [4.69, 9.17) is 5.73 Å². The first-order valence-corrected chi connectivity index (χ1v) is 7.07. The number of nitrogens with one attached hydrogen (secondary N) is 1. The molecular formula is C15H21N3O3. The maximum Gasteiger partial charge on any atom is 0.312 e. The van der Waals surface area contributed by atoms with Crippen LogP contribution in [0.5, 0.6) is 0 Å². The van der Waals surface area contributed by atoms with Gasteiger partial charge >= 0.3 is 6.03 Å². The van der Waals surface area contributed by atoms with Crippen molar-refractivity contribution in [3.63, 3.8) is 0 Å². The second-order valence-corrected chi connectivity index (χ2v) is 5.50. The van der Waals surface area contributed by atoms with E-state index < -0.39 is 6.03 Å². The molecule has 6 heteroatoms. The van der Waals surface area contributed by atoms with Gasteiger partial charge in [0.15, 0.2) is 0 Å². The number of amides is 3. The number of likely N-dealkylation sites (tertiary alicyclic amines) is 1. The van der Waals surface area contributed by atoms with Crippen molar-refractivity contribution in [2.45, 2.75) is 26.0 Å². The van der Waals surface area contributed by atoms with Gasteiger partial charge in [0, 0.05) is 25.2 Å². The van der Waals surface area contributed by atoms with Gasteiger partial charge in [0.05, 0.1) is 6.10 Å². The molecule has 0 spiro atoms. The van der Waals surface area contributed by atoms with Crippen LogP contribution in [0, 0.1) is 5.92 Å². The fourth-order valence-electron chi connectivity index (χ4n) is 2.45. The van der Waals surface area contributed by atoms with Gasteiger partial charge in [-0.05, 0) is 30.0 Å². The Bertz CT molecular complexity index is 515. The number of benzene rings is 1. The second-order valence-electron chi connectivity index (χ2n) is 5.50. The quantitative estimate of drug-likeness (QED) is 0.765. The number of aliphatic hydroxyl groups excluding tert-OH is 1. The summed E-state index contributed by atoms with van der Waals surface area (Å²) in [5.41, 5.74) is 6.50. The number of rotatable bonds is 3. The Kier molecular flexibility index (Phi) is 4.80. The molecule has 4 N–H and O–H groups in total. The molecule has 6 nitrogen and oxygen atoms in total. The lowest BCUT2D eigenvalue weighted by Crippen LogP contribution is -2.44. The summed E-state index contributed by atoms with van der Waals surface area (Å²) < 4.78 is 0. The Morgan fingerprint density at radius 2 is 2.05 bits per heavy atom. The SMILES string of the molecule is CC1CN(C(=O)c2ccc(CNC(N)=O)cc2)CCC1O. The minimum absolute atomic E-state index is 0.0249. The van der Waals surface area contributed by atoms with Crippen molar-refractivity contribution in [3.05, 3.63) is 35.4 Å². The molecule has 2 unspecified atom stereocenters. The number of nitrogens with zero attached hydrogens (tertiary/aromatic N) is 1. The van der Waals surface area contributed by atoms with E-state index in [1.807, 2.05) is 6.92 Å². The summed E-state index contributed by atoms with van der Waals surface area (Å²) in [6.45, 7) is 3.44. The van der Waals surface area contributed by atoms with E-state index in [1.54, 1.807) is 29.2 Å². The zero-order valence-electron chi connectivity index (χ0n) is 12.1. The molecular weight excluding hydrogens is 270 g/mol. The average Bonchev–Trinajstić information content (AvgIpc) is 2.48. The predicted molar refractivity (Wildman–Crippen MR) is 78.6 cm³/mol. The van der Waals surface area contributed by atoms with Crippen molar-refractivity contribution < 1.29 is 14.7 Å². The Balaban J connectivity index is 1.98. The van der Waals surface area contributed by atoms with Crippen molar-refractivity contribution in [2.24, 2.45) is 11.7 Å². The highest BCUT2D eigenvalue weighted by Gasteiger charge is 2.27. The van der Waals surface area contributed by atoms with Crippen molar-refractivity contribution in [1.29, 1.82) is 0 Å². The summed E-state index contributed by atoms with van der Waals surface area (Å²) in [5.74, 6) is 0.0740. The molecule has 0 aliphatic carbocycles. The third-order valence-corrected chi connectivity index (χ3v) is 3.81. The standard InChI is InChI=1S/C15H21N3O3/c1-10-9-18(7-6-13(10)19)14(20)12-4-2-11(3-5-12)8-17-15(16)21/h2-5,10,13,19H,6-9H2,1H3,(H3,16,17,21). The van der Waals surface area contributed by atoms with E-state index in [0.717, 1.165) is 5.56 Å². The Morgan fingerprint density at radius 1 is 1.38 bits per heavy atom. The van der Waals surface area contributed by atoms with Crippen molar-refractivity contribution >= 4 is 11.9 Å². The number of nitrogens with two attached hydrogens (primary N) is 1. The maximum atomic E-state index is 12.4. The molecule has 1 aromatic rings. The summed E-state index contributed by atoms with van der Waals surface area (Å²) in [6, 6.07) is 6.51. The molecule has 2 atom stereocenters. The lowest BCUT2D eigenvalue weighted by atomic mass is 9.96. The second kappa shape index (κ2) is 6.58. The lowest BCUT2D eigenvalue weighted by Gasteiger charge is -2.34. The fourth-order valence-corrected chi connectivity index (χ4v) is 2.45. The number of carbonyl (C=O) groups is 2. The third kappa shape index (κ3) is 3.95. The Hall–Kier alpha value is -2.08. The van der Waals surface area contributed by atoms with E-state index in [0.29, 0.717) is 31.6 Å². The van der Waals surface area contributed by atoms with Gasteiger partial charge in [0.2, 0.25) is 0 Å². The van der Waals surface area contributed by atoms with Gasteiger partial charge in [-0.25, -0.2) is 4.79 Å². The van der Waals surface area contributed by atoms with Crippen LogP contribution in [0.25, 0.3) is 0 Å². The predicted octanol–water partition coefficient (Wildman–Crippen LogP) is 0.698. The lowest BCUT2D eigenvalue weighted by molar-refractivity contribution is 0.0297. The number of urea groups is 1. The van der Waals surface area contributed by atoms with Crippen molar-refractivity contribution in [1.82, 2.24) is 10.2 Å². The van der Waals surface area contributed by atoms with Gasteiger partial charge in [-0.15, -0.1) is 0 Å². The summed E-state index contributed by atoms with van der Waals surface area (Å²) in [6.07, 6.45) is 0.296. The summed E-state index contributed by atoms with van der Waals surface area (Å²) in [7, 11) is 0. The van der Waals surface area contributed by atoms with Crippen LogP contribution in [0.2, 0.25) is 0 Å². The van der Waals surface area contributed by atoms with E-state index in [1.165, 1.54) is 0 Å². The molecule has 1 aliphatic heterocycles. The van der Waals surface area contributed by atoms with Crippen LogP contribution < -0.4 is 11.1 Å². The van der Waals surface area contributed by atoms with Gasteiger partial charge in [0.25, 0.3) is 5.91 Å². The van der Waals surface area contributed by atoms with Crippen molar-refractivity contribution in [2.75, 3.05) is 13.1 Å². The zero-order chi connectivity index (χ0) is 15.4. The van der Waals surface area contributed by atoms with Crippen LogP contribution in [0.15, 0.2) is 24.3 Å². The number of hydrogen-bond donors (Lipinski definition) is 3. The third-order valence-electron chi connectivity index (χ3n) is 3.81. The van der Waals surface area contributed by atoms with Crippen LogP contribution in [0.1, 0.15) is 29.3 Å². The zero-order valence-corrected chi connectivity index (χ0v) is 12.1. The minimum atomic E-state index is -0.573. The highest BCUT2D eigenvalue weighted by molar-refractivity contribution is 5.94. The summed E-state index contributed by atoms with van der Waals surface area (Å²) >= 11 is 0. The highest BCUT2D eigenvalue weighted by atomic mass is 16.3. The van der Waals surface area contributed by atoms with Gasteiger partial charge in [0.1, 0.15) is 0 Å². The number of aliphatic hydroxyl groups is 1. The van der Waals surface area contributed by atoms with E-state index in [9.17, 15) is 14.7 Å². The molecule has 0 saturated carbocycles. The molecule has 21 heavy (non-hydrogen) atoms. The molecule has 1 fully saturated rings. The Labute approximate surface area is 123 Å². The smallest absolute Gasteiger partial charge is 0.312 e. The maximum absolute atomic E-state index is 12.4. The monoisotopic (exact) mass is 291 g/mol. The number of carbonyl (C=O) groups excluding carboxylic acids is 2. The summed E-state index contributed by atoms with van der Waals surface area (Å²) in [4.78, 5) is 24.8. The number of primary amides is 1. The number of hydrogen-bond acceptors (Lipinski definition) is 3. The molecule has 1 aromatic carbocycles. The molecule has 0 aromatic heterocycles. The summed E-state index contributed by atoms with van der Waals surface area (Å²) in [5, 5.41) is 12.2. The molecule has 0 radical (unpaired) electrons. The van der Waals surface area contributed by atoms with Crippen LogP contribution in [0.4, 0.5) is 4.79 Å². The normalized spacial score (nSPS) is 21.9. The molecule has 0 bridgehead atoms. The molecule has 2 rings (SSSR count). The van der Waals surface area contributed by atoms with Gasteiger partial charge in [-0.1, -0.05) is 19.1 Å². The molecule has 1 aliphatic rings. The average molecular weight is 291 g/mol. The highest BCUT2D eigenvalue weighted by Crippen LogP contribution is 2.19. The number of piperidine rings is 1. The molecule has 114 valence electrons. The Morgan fingerprint density at radius 3 is 2.62 bits per heavy atom. The van der Waals surface area contributed by atoms with Crippen LogP contribution in [-0.4, -0.2) is 41.1 Å². The van der Waals surface area contributed by atoms with Crippen LogP contribution in [0.3, 0.4) is 0 Å². The fraction of sp³-hybridized carbons (Fsp3) is 0.467. The van der Waals surface area contributed by atoms with Gasteiger partial charge < -0.3 is 21.1 Å². The first-order chi connectivity index (χ1) is 9.97. The van der Waals surface area contributed by atoms with Gasteiger partial charge in [-0.3, -0.25) is 4.79 Å². The van der Waals surface area contributed by atoms with Crippen LogP contribution in [-0.2, 0) is 6.54 Å². The van der Waals surface area contributed by atoms with E-state index in [-0.39, 0.29) is 17.9 Å².